The van der Waals surface area contributed by atoms with Gasteiger partial charge in [0.05, 0.1) is 7.11 Å². The van der Waals surface area contributed by atoms with Gasteiger partial charge in [-0.25, -0.2) is 0 Å². The number of fused-ring (bicyclic) bond motifs is 1. The molecule has 2 atom stereocenters. The van der Waals surface area contributed by atoms with Crippen LogP contribution in [0.2, 0.25) is 0 Å². The van der Waals surface area contributed by atoms with Crippen LogP contribution < -0.4 is 10.5 Å². The third kappa shape index (κ3) is 2.84. The van der Waals surface area contributed by atoms with E-state index in [0.29, 0.717) is 12.1 Å². The molecule has 0 aromatic heterocycles. The number of likely N-dealkylation sites (N-methyl/N-ethyl adjacent to an activating group) is 1. The van der Waals surface area contributed by atoms with E-state index >= 15 is 0 Å². The third-order valence-corrected chi connectivity index (χ3v) is 4.88. The van der Waals surface area contributed by atoms with Crippen LogP contribution in [-0.4, -0.2) is 31.1 Å². The minimum atomic E-state index is 0.0828. The number of nitrogens with zero attached hydrogens (tertiary/aromatic N) is 1. The summed E-state index contributed by atoms with van der Waals surface area (Å²) in [5.41, 5.74) is 9.21. The number of hydrogen-bond acceptors (Lipinski definition) is 3. The van der Waals surface area contributed by atoms with E-state index in [2.05, 4.69) is 37.9 Å². The lowest BCUT2D eigenvalue weighted by Crippen LogP contribution is -2.47. The van der Waals surface area contributed by atoms with Gasteiger partial charge in [-0.05, 0) is 56.0 Å². The van der Waals surface area contributed by atoms with Crippen molar-refractivity contribution in [2.45, 2.75) is 57.7 Å². The number of benzene rings is 1. The van der Waals surface area contributed by atoms with E-state index in [4.69, 9.17) is 10.5 Å². The number of ether oxygens (including phenoxy) is 1. The average Bonchev–Trinajstić information content (AvgIpc) is 2.48. The smallest absolute Gasteiger partial charge is 0.119 e. The van der Waals surface area contributed by atoms with Crippen LogP contribution in [-0.2, 0) is 6.42 Å². The summed E-state index contributed by atoms with van der Waals surface area (Å²) in [7, 11) is 3.94. The minimum absolute atomic E-state index is 0.0828. The van der Waals surface area contributed by atoms with E-state index in [1.807, 2.05) is 6.07 Å². The molecular weight excluding hydrogens is 248 g/mol. The van der Waals surface area contributed by atoms with Gasteiger partial charge in [-0.15, -0.1) is 0 Å². The molecule has 112 valence electrons. The molecule has 0 heterocycles. The fraction of sp³-hybridized carbons (Fsp3) is 0.647. The maximum absolute atomic E-state index is 6.57. The first-order chi connectivity index (χ1) is 9.62. The Kier molecular flexibility index (Phi) is 5.06. The Morgan fingerprint density at radius 3 is 2.65 bits per heavy atom. The van der Waals surface area contributed by atoms with Crippen LogP contribution in [0.1, 0.15) is 50.3 Å². The summed E-state index contributed by atoms with van der Waals surface area (Å²) in [5.74, 6) is 0.907. The lowest BCUT2D eigenvalue weighted by molar-refractivity contribution is 0.129. The fourth-order valence-electron chi connectivity index (χ4n) is 3.52. The largest absolute Gasteiger partial charge is 0.497 e. The molecule has 20 heavy (non-hydrogen) atoms. The van der Waals surface area contributed by atoms with Crippen molar-refractivity contribution in [2.24, 2.45) is 5.73 Å². The second-order valence-corrected chi connectivity index (χ2v) is 5.83. The number of nitrogens with two attached hydrogens (primary N) is 1. The van der Waals surface area contributed by atoms with Crippen LogP contribution in [0.15, 0.2) is 18.2 Å². The van der Waals surface area contributed by atoms with E-state index in [0.717, 1.165) is 18.6 Å². The Labute approximate surface area is 123 Å². The maximum atomic E-state index is 6.57. The monoisotopic (exact) mass is 276 g/mol. The summed E-state index contributed by atoms with van der Waals surface area (Å²) in [6.07, 6.45) is 4.62. The third-order valence-electron chi connectivity index (χ3n) is 4.88. The highest BCUT2D eigenvalue weighted by molar-refractivity contribution is 5.40. The Bertz CT molecular complexity index is 443. The number of rotatable bonds is 5. The lowest BCUT2D eigenvalue weighted by atomic mass is 9.83. The van der Waals surface area contributed by atoms with Crippen molar-refractivity contribution in [3.63, 3.8) is 0 Å². The molecule has 1 aromatic rings. The van der Waals surface area contributed by atoms with Crippen molar-refractivity contribution in [1.82, 2.24) is 4.90 Å². The molecule has 0 amide bonds. The number of hydrogen-bond donors (Lipinski definition) is 1. The summed E-state index contributed by atoms with van der Waals surface area (Å²) in [5, 5.41) is 0. The lowest BCUT2D eigenvalue weighted by Gasteiger charge is -2.41. The van der Waals surface area contributed by atoms with Crippen LogP contribution in [0, 0.1) is 0 Å². The SMILES string of the molecule is CCC(CC)N(C)C1CCc2ccc(OC)cc2C1N. The molecule has 3 nitrogen and oxygen atoms in total. The summed E-state index contributed by atoms with van der Waals surface area (Å²) in [6, 6.07) is 7.46. The molecule has 1 aliphatic carbocycles. The zero-order chi connectivity index (χ0) is 14.7. The van der Waals surface area contributed by atoms with E-state index in [-0.39, 0.29) is 6.04 Å². The quantitative estimate of drug-likeness (QED) is 0.898. The van der Waals surface area contributed by atoms with Crippen molar-refractivity contribution in [3.8, 4) is 5.75 Å². The van der Waals surface area contributed by atoms with Crippen LogP contribution in [0.25, 0.3) is 0 Å². The molecule has 2 N–H and O–H groups in total. The highest BCUT2D eigenvalue weighted by Crippen LogP contribution is 2.34. The topological polar surface area (TPSA) is 38.5 Å². The molecule has 0 aliphatic heterocycles. The standard InChI is InChI=1S/C17H28N2O/c1-5-13(6-2)19(3)16-10-8-12-7-9-14(20-4)11-15(12)17(16)18/h7,9,11,13,16-17H,5-6,8,10,18H2,1-4H3. The molecular formula is C17H28N2O. The van der Waals surface area contributed by atoms with Gasteiger partial charge in [-0.2, -0.15) is 0 Å². The summed E-state index contributed by atoms with van der Waals surface area (Å²) < 4.78 is 5.34. The Morgan fingerprint density at radius 2 is 2.05 bits per heavy atom. The van der Waals surface area contributed by atoms with Crippen molar-refractivity contribution >= 4 is 0 Å². The van der Waals surface area contributed by atoms with Gasteiger partial charge >= 0.3 is 0 Å². The molecule has 2 unspecified atom stereocenters. The summed E-state index contributed by atoms with van der Waals surface area (Å²) in [4.78, 5) is 2.49. The normalized spacial score (nSPS) is 22.1. The predicted octanol–water partition coefficient (Wildman–Crippen LogP) is 3.13. The van der Waals surface area contributed by atoms with Crippen molar-refractivity contribution < 1.29 is 4.74 Å². The van der Waals surface area contributed by atoms with Crippen molar-refractivity contribution in [1.29, 1.82) is 0 Å². The van der Waals surface area contributed by atoms with Gasteiger partial charge in [0.25, 0.3) is 0 Å². The predicted molar refractivity (Wildman–Crippen MR) is 84.2 cm³/mol. The molecule has 0 saturated heterocycles. The van der Waals surface area contributed by atoms with E-state index in [1.165, 1.54) is 24.0 Å². The van der Waals surface area contributed by atoms with Gasteiger partial charge < -0.3 is 10.5 Å². The Balaban J connectivity index is 2.23. The molecule has 0 fully saturated rings. The highest BCUT2D eigenvalue weighted by Gasteiger charge is 2.31. The zero-order valence-corrected chi connectivity index (χ0v) is 13.2. The van der Waals surface area contributed by atoms with Crippen LogP contribution >= 0.6 is 0 Å². The molecule has 3 heteroatoms. The van der Waals surface area contributed by atoms with Gasteiger partial charge in [0, 0.05) is 18.1 Å². The van der Waals surface area contributed by atoms with Gasteiger partial charge in [0.1, 0.15) is 5.75 Å². The van der Waals surface area contributed by atoms with Gasteiger partial charge in [-0.3, -0.25) is 4.90 Å². The minimum Gasteiger partial charge on any atom is -0.497 e. The van der Waals surface area contributed by atoms with E-state index in [1.54, 1.807) is 7.11 Å². The first kappa shape index (κ1) is 15.3. The summed E-state index contributed by atoms with van der Waals surface area (Å²) >= 11 is 0. The van der Waals surface area contributed by atoms with Gasteiger partial charge in [0.15, 0.2) is 0 Å². The second-order valence-electron chi connectivity index (χ2n) is 5.83. The molecule has 2 rings (SSSR count). The van der Waals surface area contributed by atoms with Crippen molar-refractivity contribution in [3.05, 3.63) is 29.3 Å². The zero-order valence-electron chi connectivity index (χ0n) is 13.2. The average molecular weight is 276 g/mol. The Morgan fingerprint density at radius 1 is 1.35 bits per heavy atom. The first-order valence-corrected chi connectivity index (χ1v) is 7.76. The van der Waals surface area contributed by atoms with Gasteiger partial charge in [0.2, 0.25) is 0 Å². The van der Waals surface area contributed by atoms with Crippen molar-refractivity contribution in [2.75, 3.05) is 14.2 Å². The van der Waals surface area contributed by atoms with Crippen LogP contribution in [0.4, 0.5) is 0 Å². The number of methoxy groups -OCH3 is 1. The molecule has 0 saturated carbocycles. The summed E-state index contributed by atoms with van der Waals surface area (Å²) in [6.45, 7) is 4.52. The first-order valence-electron chi connectivity index (χ1n) is 7.76. The fourth-order valence-corrected chi connectivity index (χ4v) is 3.52. The molecule has 0 spiro atoms. The molecule has 0 radical (unpaired) electrons. The Hall–Kier alpha value is -1.06. The van der Waals surface area contributed by atoms with Gasteiger partial charge in [-0.1, -0.05) is 19.9 Å². The van der Waals surface area contributed by atoms with Crippen LogP contribution in [0.3, 0.4) is 0 Å². The maximum Gasteiger partial charge on any atom is 0.119 e. The molecule has 1 aliphatic rings. The van der Waals surface area contributed by atoms with Crippen LogP contribution in [0.5, 0.6) is 5.75 Å². The highest BCUT2D eigenvalue weighted by atomic mass is 16.5. The number of aryl methyl sites for hydroxylation is 1. The molecule has 0 bridgehead atoms. The molecule has 1 aromatic carbocycles. The van der Waals surface area contributed by atoms with E-state index < -0.39 is 0 Å². The second kappa shape index (κ2) is 6.59. The van der Waals surface area contributed by atoms with E-state index in [9.17, 15) is 0 Å².